The maximum absolute atomic E-state index is 12.7. The van der Waals surface area contributed by atoms with Crippen LogP contribution in [0.1, 0.15) is 5.56 Å². The second kappa shape index (κ2) is 5.18. The predicted molar refractivity (Wildman–Crippen MR) is 48.2 cm³/mol. The summed E-state index contributed by atoms with van der Waals surface area (Å²) >= 11 is 0.961. The van der Waals surface area contributed by atoms with Crippen LogP contribution in [0.5, 0.6) is 0 Å². The Morgan fingerprint density at radius 1 is 1.46 bits per heavy atom. The summed E-state index contributed by atoms with van der Waals surface area (Å²) in [5.41, 5.74) is 3.27. The number of halogens is 1. The Morgan fingerprint density at radius 2 is 2.23 bits per heavy atom. The van der Waals surface area contributed by atoms with E-state index < -0.39 is 0 Å². The first kappa shape index (κ1) is 10.5. The molecule has 0 saturated heterocycles. The molecule has 0 aliphatic heterocycles. The van der Waals surface area contributed by atoms with Crippen molar-refractivity contribution in [3.8, 4) is 0 Å². The van der Waals surface area contributed by atoms with Gasteiger partial charge in [0, 0.05) is 11.9 Å². The van der Waals surface area contributed by atoms with E-state index in [0.717, 1.165) is 17.6 Å². The van der Waals surface area contributed by atoms with Crippen LogP contribution >= 0.6 is 12.0 Å². The van der Waals surface area contributed by atoms with E-state index in [1.165, 1.54) is 12.1 Å². The Morgan fingerprint density at radius 3 is 2.92 bits per heavy atom. The number of aryl methyl sites for hydroxylation is 1. The van der Waals surface area contributed by atoms with Crippen molar-refractivity contribution >= 4 is 12.0 Å². The number of hydrogen-bond acceptors (Lipinski definition) is 4. The number of nitrogens with one attached hydrogen (secondary N) is 1. The number of rotatable bonds is 4. The fourth-order valence-electron chi connectivity index (χ4n) is 0.751. The molecule has 0 unspecified atom stereocenters. The molecule has 0 atom stereocenters. The zero-order chi connectivity index (χ0) is 9.68. The topological polar surface area (TPSA) is 30.5 Å². The molecule has 5 heteroatoms. The first-order valence-electron chi connectivity index (χ1n) is 3.67. The highest BCUT2D eigenvalue weighted by atomic mass is 32.2. The monoisotopic (exact) mass is 203 g/mol. The van der Waals surface area contributed by atoms with Crippen LogP contribution in [-0.2, 0) is 9.32 Å². The lowest BCUT2D eigenvalue weighted by Crippen LogP contribution is -2.04. The second-order valence-electron chi connectivity index (χ2n) is 2.35. The summed E-state index contributed by atoms with van der Waals surface area (Å²) in [5, 5.41) is 0. The van der Waals surface area contributed by atoms with Crippen molar-refractivity contribution in [2.75, 3.05) is 7.05 Å². The third-order valence-electron chi connectivity index (χ3n) is 1.39. The predicted octanol–water partition coefficient (Wildman–Crippen LogP) is 2.22. The van der Waals surface area contributed by atoms with Crippen LogP contribution in [-0.4, -0.2) is 7.05 Å². The third-order valence-corrected chi connectivity index (χ3v) is 2.15. The zero-order valence-corrected chi connectivity index (χ0v) is 8.15. The van der Waals surface area contributed by atoms with Gasteiger partial charge in [-0.05, 0) is 24.6 Å². The van der Waals surface area contributed by atoms with Crippen molar-refractivity contribution in [3.63, 3.8) is 0 Å². The molecule has 0 spiro atoms. The third kappa shape index (κ3) is 3.31. The van der Waals surface area contributed by atoms with Crippen molar-refractivity contribution in [2.45, 2.75) is 11.8 Å². The summed E-state index contributed by atoms with van der Waals surface area (Å²) in [7, 11) is 1.57. The van der Waals surface area contributed by atoms with Gasteiger partial charge in [-0.3, -0.25) is 0 Å². The molecule has 1 rings (SSSR count). The average molecular weight is 203 g/mol. The van der Waals surface area contributed by atoms with E-state index in [9.17, 15) is 4.39 Å². The molecular weight excluding hydrogens is 193 g/mol. The molecule has 0 fully saturated rings. The second-order valence-corrected chi connectivity index (χ2v) is 3.09. The first-order valence-corrected chi connectivity index (χ1v) is 4.41. The molecule has 0 heterocycles. The lowest BCUT2D eigenvalue weighted by molar-refractivity contribution is -0.237. The maximum Gasteiger partial charge on any atom is 0.124 e. The molecule has 0 amide bonds. The van der Waals surface area contributed by atoms with E-state index in [4.69, 9.17) is 0 Å². The summed E-state index contributed by atoms with van der Waals surface area (Å²) < 4.78 is 17.4. The smallest absolute Gasteiger partial charge is 0.124 e. The van der Waals surface area contributed by atoms with Gasteiger partial charge in [-0.2, -0.15) is 5.48 Å². The Hall–Kier alpha value is -0.620. The Labute approximate surface area is 80.3 Å². The number of benzene rings is 1. The number of hydroxylamine groups is 1. The number of hydrogen-bond donors (Lipinski definition) is 1. The fourth-order valence-corrected chi connectivity index (χ4v) is 1.29. The van der Waals surface area contributed by atoms with Crippen molar-refractivity contribution in [1.29, 1.82) is 0 Å². The molecule has 1 N–H and O–H groups in total. The standard InChI is InChI=1S/C8H10FNO2S/c1-6-3-4-7(9)5-8(6)13-12-11-10-2/h3-5,10H,1-2H3. The van der Waals surface area contributed by atoms with Gasteiger partial charge >= 0.3 is 0 Å². The minimum Gasteiger partial charge on any atom is -0.207 e. The van der Waals surface area contributed by atoms with Crippen LogP contribution in [0.15, 0.2) is 23.1 Å². The van der Waals surface area contributed by atoms with E-state index in [1.807, 2.05) is 6.92 Å². The summed E-state index contributed by atoms with van der Waals surface area (Å²) in [6, 6.07) is 4.47. The van der Waals surface area contributed by atoms with Gasteiger partial charge in [-0.15, -0.1) is 9.32 Å². The molecule has 0 aromatic heterocycles. The molecular formula is C8H10FNO2S. The van der Waals surface area contributed by atoms with Crippen LogP contribution < -0.4 is 5.48 Å². The lowest BCUT2D eigenvalue weighted by atomic mass is 10.2. The summed E-state index contributed by atoms with van der Waals surface area (Å²) in [6.07, 6.45) is 0. The Kier molecular flexibility index (Phi) is 4.17. The van der Waals surface area contributed by atoms with Crippen LogP contribution in [0.3, 0.4) is 0 Å². The van der Waals surface area contributed by atoms with Gasteiger partial charge in [0.15, 0.2) is 0 Å². The quantitative estimate of drug-likeness (QED) is 0.352. The zero-order valence-electron chi connectivity index (χ0n) is 7.33. The van der Waals surface area contributed by atoms with Crippen molar-refractivity contribution in [1.82, 2.24) is 5.48 Å². The van der Waals surface area contributed by atoms with E-state index in [-0.39, 0.29) is 5.82 Å². The van der Waals surface area contributed by atoms with E-state index in [0.29, 0.717) is 4.90 Å². The molecule has 1 aromatic carbocycles. The summed E-state index contributed by atoms with van der Waals surface area (Å²) in [6.45, 7) is 1.87. The molecule has 0 saturated carbocycles. The van der Waals surface area contributed by atoms with Gasteiger partial charge in [-0.1, -0.05) is 6.07 Å². The van der Waals surface area contributed by atoms with Gasteiger partial charge in [0.1, 0.15) is 5.82 Å². The SMILES string of the molecule is CNOOSc1cc(F)ccc1C. The van der Waals surface area contributed by atoms with Gasteiger partial charge in [0.05, 0.1) is 12.0 Å². The normalized spacial score (nSPS) is 10.4. The maximum atomic E-state index is 12.7. The van der Waals surface area contributed by atoms with Crippen molar-refractivity contribution in [2.24, 2.45) is 0 Å². The molecule has 1 aromatic rings. The average Bonchev–Trinajstić information content (AvgIpc) is 2.11. The Bertz CT molecular complexity index is 283. The highest BCUT2D eigenvalue weighted by molar-refractivity contribution is 7.94. The van der Waals surface area contributed by atoms with Gasteiger partial charge in [0.2, 0.25) is 0 Å². The molecule has 3 nitrogen and oxygen atoms in total. The molecule has 0 aliphatic carbocycles. The summed E-state index contributed by atoms with van der Waals surface area (Å²) in [5.74, 6) is -0.291. The van der Waals surface area contributed by atoms with Gasteiger partial charge in [-0.25, -0.2) is 4.39 Å². The molecule has 0 aliphatic rings. The highest BCUT2D eigenvalue weighted by Gasteiger charge is 2.02. The fraction of sp³-hybridized carbons (Fsp3) is 0.250. The lowest BCUT2D eigenvalue weighted by Gasteiger charge is -2.03. The highest BCUT2D eigenvalue weighted by Crippen LogP contribution is 2.23. The van der Waals surface area contributed by atoms with Crippen LogP contribution in [0.2, 0.25) is 0 Å². The summed E-state index contributed by atoms with van der Waals surface area (Å²) in [4.78, 5) is 5.11. The van der Waals surface area contributed by atoms with Gasteiger partial charge in [0.25, 0.3) is 0 Å². The molecule has 72 valence electrons. The van der Waals surface area contributed by atoms with Crippen molar-refractivity contribution in [3.05, 3.63) is 29.6 Å². The van der Waals surface area contributed by atoms with E-state index in [2.05, 4.69) is 14.8 Å². The molecule has 0 radical (unpaired) electrons. The largest absolute Gasteiger partial charge is 0.207 e. The van der Waals surface area contributed by atoms with E-state index in [1.54, 1.807) is 13.1 Å². The van der Waals surface area contributed by atoms with Gasteiger partial charge < -0.3 is 0 Å². The molecule has 13 heavy (non-hydrogen) atoms. The van der Waals surface area contributed by atoms with Crippen LogP contribution in [0.4, 0.5) is 4.39 Å². The van der Waals surface area contributed by atoms with Crippen LogP contribution in [0.25, 0.3) is 0 Å². The first-order chi connectivity index (χ1) is 6.24. The van der Waals surface area contributed by atoms with E-state index >= 15 is 0 Å². The van der Waals surface area contributed by atoms with Crippen LogP contribution in [0, 0.1) is 12.7 Å². The minimum atomic E-state index is -0.291. The molecule has 0 bridgehead atoms. The van der Waals surface area contributed by atoms with Crippen molar-refractivity contribution < 1.29 is 13.7 Å². The minimum absolute atomic E-state index is 0.291. The Balaban J connectivity index is 2.59.